The van der Waals surface area contributed by atoms with Crippen LogP contribution in [-0.4, -0.2) is 38.4 Å². The van der Waals surface area contributed by atoms with Crippen molar-refractivity contribution in [1.29, 1.82) is 0 Å². The van der Waals surface area contributed by atoms with Crippen LogP contribution in [0.4, 0.5) is 0 Å². The number of amides is 1. The minimum absolute atomic E-state index is 0.0580. The number of ketones is 1. The molecule has 158 valence electrons. The molecule has 1 aliphatic rings. The van der Waals surface area contributed by atoms with Gasteiger partial charge in [-0.05, 0) is 30.2 Å². The lowest BCUT2D eigenvalue weighted by atomic mass is 9.75. The molecule has 2 aromatic rings. The van der Waals surface area contributed by atoms with E-state index in [0.29, 0.717) is 24.1 Å². The fourth-order valence-corrected chi connectivity index (χ4v) is 4.21. The fraction of sp³-hybridized carbons (Fsp3) is 0.636. The molecule has 0 radical (unpaired) electrons. The van der Waals surface area contributed by atoms with Gasteiger partial charge in [0.25, 0.3) is 0 Å². The third-order valence-electron chi connectivity index (χ3n) is 5.56. The standard InChI is InChI=1S/C22H32N4O3/c1-13(2)11-26-14(3)16(21-17(26)9-22(5,6)10-18(21)27)8-20(28)25(7)12-19-24-23-15(4)29-19/h13H,8-12H2,1-7H3. The minimum Gasteiger partial charge on any atom is -0.424 e. The summed E-state index contributed by atoms with van der Waals surface area (Å²) in [5.74, 6) is 1.43. The van der Waals surface area contributed by atoms with Crippen molar-refractivity contribution in [2.24, 2.45) is 11.3 Å². The van der Waals surface area contributed by atoms with Crippen LogP contribution >= 0.6 is 0 Å². The Labute approximate surface area is 172 Å². The van der Waals surface area contributed by atoms with Crippen molar-refractivity contribution in [1.82, 2.24) is 19.7 Å². The molecule has 0 aromatic carbocycles. The van der Waals surface area contributed by atoms with Crippen LogP contribution in [0.15, 0.2) is 4.42 Å². The number of rotatable bonds is 6. The van der Waals surface area contributed by atoms with Gasteiger partial charge >= 0.3 is 0 Å². The average Bonchev–Trinajstić information content (AvgIpc) is 3.10. The summed E-state index contributed by atoms with van der Waals surface area (Å²) in [7, 11) is 1.72. The van der Waals surface area contributed by atoms with Gasteiger partial charge in [-0.2, -0.15) is 0 Å². The predicted molar refractivity (Wildman–Crippen MR) is 110 cm³/mol. The van der Waals surface area contributed by atoms with Crippen LogP contribution in [0, 0.1) is 25.2 Å². The first kappa shape index (κ1) is 21.3. The second kappa shape index (κ2) is 7.76. The van der Waals surface area contributed by atoms with E-state index >= 15 is 0 Å². The first-order chi connectivity index (χ1) is 13.5. The molecular formula is C22H32N4O3. The highest BCUT2D eigenvalue weighted by Gasteiger charge is 2.37. The third kappa shape index (κ3) is 4.43. The highest BCUT2D eigenvalue weighted by molar-refractivity contribution is 6.01. The largest absolute Gasteiger partial charge is 0.424 e. The fourth-order valence-electron chi connectivity index (χ4n) is 4.21. The van der Waals surface area contributed by atoms with Crippen LogP contribution in [-0.2, 0) is 30.7 Å². The number of carbonyl (C=O) groups is 2. The van der Waals surface area contributed by atoms with Crippen molar-refractivity contribution in [2.75, 3.05) is 7.05 Å². The van der Waals surface area contributed by atoms with Crippen LogP contribution in [0.5, 0.6) is 0 Å². The zero-order valence-corrected chi connectivity index (χ0v) is 18.6. The Morgan fingerprint density at radius 2 is 1.93 bits per heavy atom. The molecule has 0 unspecified atom stereocenters. The molecule has 2 aromatic heterocycles. The van der Waals surface area contributed by atoms with E-state index in [1.165, 1.54) is 0 Å². The molecule has 0 spiro atoms. The maximum Gasteiger partial charge on any atom is 0.235 e. The van der Waals surface area contributed by atoms with E-state index in [9.17, 15) is 9.59 Å². The van der Waals surface area contributed by atoms with Gasteiger partial charge in [0.05, 0.1) is 13.0 Å². The molecular weight excluding hydrogens is 368 g/mol. The van der Waals surface area contributed by atoms with Gasteiger partial charge in [-0.25, -0.2) is 0 Å². The lowest BCUT2D eigenvalue weighted by molar-refractivity contribution is -0.130. The van der Waals surface area contributed by atoms with Gasteiger partial charge in [-0.15, -0.1) is 10.2 Å². The van der Waals surface area contributed by atoms with Gasteiger partial charge in [0.15, 0.2) is 5.78 Å². The summed E-state index contributed by atoms with van der Waals surface area (Å²) in [5, 5.41) is 7.77. The molecule has 0 bridgehead atoms. The van der Waals surface area contributed by atoms with E-state index in [2.05, 4.69) is 42.5 Å². The Morgan fingerprint density at radius 3 is 2.52 bits per heavy atom. The highest BCUT2D eigenvalue weighted by atomic mass is 16.4. The van der Waals surface area contributed by atoms with Crippen LogP contribution in [0.3, 0.4) is 0 Å². The summed E-state index contributed by atoms with van der Waals surface area (Å²) in [6.07, 6.45) is 1.57. The molecule has 7 heteroatoms. The first-order valence-corrected chi connectivity index (χ1v) is 10.3. The van der Waals surface area contributed by atoms with E-state index in [-0.39, 0.29) is 30.1 Å². The summed E-state index contributed by atoms with van der Waals surface area (Å²) in [5.41, 5.74) is 3.72. The van der Waals surface area contributed by atoms with Gasteiger partial charge < -0.3 is 13.9 Å². The van der Waals surface area contributed by atoms with Gasteiger partial charge in [-0.1, -0.05) is 27.7 Å². The van der Waals surface area contributed by atoms with Crippen LogP contribution < -0.4 is 0 Å². The Bertz CT molecular complexity index is 936. The number of fused-ring (bicyclic) bond motifs is 1. The van der Waals surface area contributed by atoms with E-state index in [0.717, 1.165) is 35.5 Å². The Hall–Kier alpha value is -2.44. The number of nitrogens with zero attached hydrogens (tertiary/aromatic N) is 4. The number of hydrogen-bond acceptors (Lipinski definition) is 5. The van der Waals surface area contributed by atoms with Crippen molar-refractivity contribution in [3.63, 3.8) is 0 Å². The van der Waals surface area contributed by atoms with Crippen molar-refractivity contribution >= 4 is 11.7 Å². The topological polar surface area (TPSA) is 81.2 Å². The van der Waals surface area contributed by atoms with Crippen LogP contribution in [0.1, 0.15) is 73.2 Å². The highest BCUT2D eigenvalue weighted by Crippen LogP contribution is 2.39. The number of aryl methyl sites for hydroxylation is 1. The summed E-state index contributed by atoms with van der Waals surface area (Å²) in [6.45, 7) is 13.5. The zero-order chi connectivity index (χ0) is 21.5. The van der Waals surface area contributed by atoms with Crippen LogP contribution in [0.25, 0.3) is 0 Å². The molecule has 2 heterocycles. The van der Waals surface area contributed by atoms with Crippen molar-refractivity contribution in [3.05, 3.63) is 34.3 Å². The average molecular weight is 401 g/mol. The molecule has 3 rings (SSSR count). The Balaban J connectivity index is 1.91. The smallest absolute Gasteiger partial charge is 0.235 e. The molecule has 0 fully saturated rings. The normalized spacial score (nSPS) is 15.7. The number of likely N-dealkylation sites (N-methyl/N-ethyl adjacent to an activating group) is 1. The van der Waals surface area contributed by atoms with Gasteiger partial charge in [0.2, 0.25) is 17.7 Å². The van der Waals surface area contributed by atoms with Gasteiger partial charge in [-0.3, -0.25) is 9.59 Å². The van der Waals surface area contributed by atoms with Crippen LogP contribution in [0.2, 0.25) is 0 Å². The SMILES string of the molecule is Cc1nnc(CN(C)C(=O)Cc2c3c(n(CC(C)C)c2C)CC(C)(C)CC3=O)o1. The minimum atomic E-state index is -0.0638. The number of hydrogen-bond donors (Lipinski definition) is 0. The molecule has 0 aliphatic heterocycles. The second-order valence-corrected chi connectivity index (χ2v) is 9.47. The lowest BCUT2D eigenvalue weighted by Gasteiger charge is -2.30. The molecule has 0 saturated heterocycles. The first-order valence-electron chi connectivity index (χ1n) is 10.3. The van der Waals surface area contributed by atoms with Crippen molar-refractivity contribution in [2.45, 2.75) is 73.9 Å². The van der Waals surface area contributed by atoms with Gasteiger partial charge in [0.1, 0.15) is 0 Å². The predicted octanol–water partition coefficient (Wildman–Crippen LogP) is 3.50. The van der Waals surface area contributed by atoms with Crippen molar-refractivity contribution < 1.29 is 14.0 Å². The molecule has 0 N–H and O–H groups in total. The maximum atomic E-state index is 13.0. The van der Waals surface area contributed by atoms with E-state index in [1.54, 1.807) is 18.9 Å². The third-order valence-corrected chi connectivity index (χ3v) is 5.56. The van der Waals surface area contributed by atoms with Gasteiger partial charge in [0, 0.05) is 43.9 Å². The van der Waals surface area contributed by atoms with E-state index < -0.39 is 0 Å². The molecule has 0 saturated carbocycles. The van der Waals surface area contributed by atoms with E-state index in [1.807, 2.05) is 6.92 Å². The monoisotopic (exact) mass is 400 g/mol. The quantitative estimate of drug-likeness (QED) is 0.741. The molecule has 1 amide bonds. The molecule has 29 heavy (non-hydrogen) atoms. The Morgan fingerprint density at radius 1 is 1.24 bits per heavy atom. The second-order valence-electron chi connectivity index (χ2n) is 9.47. The molecule has 7 nitrogen and oxygen atoms in total. The number of aromatic nitrogens is 3. The molecule has 0 atom stereocenters. The zero-order valence-electron chi connectivity index (χ0n) is 18.6. The maximum absolute atomic E-state index is 13.0. The Kier molecular flexibility index (Phi) is 5.70. The summed E-state index contributed by atoms with van der Waals surface area (Å²) in [6, 6.07) is 0. The van der Waals surface area contributed by atoms with Crippen molar-refractivity contribution in [3.8, 4) is 0 Å². The summed E-state index contributed by atoms with van der Waals surface area (Å²) >= 11 is 0. The lowest BCUT2D eigenvalue weighted by Crippen LogP contribution is -2.30. The molecule has 1 aliphatic carbocycles. The number of carbonyl (C=O) groups excluding carboxylic acids is 2. The summed E-state index contributed by atoms with van der Waals surface area (Å²) in [4.78, 5) is 27.6. The number of Topliss-reactive ketones (excluding diaryl/α,β-unsaturated/α-hetero) is 1. The summed E-state index contributed by atoms with van der Waals surface area (Å²) < 4.78 is 7.65. The van der Waals surface area contributed by atoms with E-state index in [4.69, 9.17) is 4.42 Å².